The first-order valence-electron chi connectivity index (χ1n) is 6.70. The van der Waals surface area contributed by atoms with Crippen molar-refractivity contribution in [1.29, 1.82) is 0 Å². The zero-order valence-electron chi connectivity index (χ0n) is 12.3. The van der Waals surface area contributed by atoms with Crippen LogP contribution in [0.4, 0.5) is 0 Å². The van der Waals surface area contributed by atoms with E-state index in [-0.39, 0.29) is 10.8 Å². The highest BCUT2D eigenvalue weighted by molar-refractivity contribution is 6.20. The molecule has 1 aromatic heterocycles. The first-order valence-corrected chi connectivity index (χ1v) is 7.13. The van der Waals surface area contributed by atoms with Crippen LogP contribution < -0.4 is 5.32 Å². The number of rotatable bonds is 6. The van der Waals surface area contributed by atoms with Gasteiger partial charge >= 0.3 is 0 Å². The highest BCUT2D eigenvalue weighted by Gasteiger charge is 2.16. The fraction of sp³-hybridized carbons (Fsp3) is 0.786. The van der Waals surface area contributed by atoms with E-state index in [0.29, 0.717) is 0 Å². The fourth-order valence-electron chi connectivity index (χ4n) is 2.11. The monoisotopic (exact) mass is 271 g/mol. The topological polar surface area (TPSA) is 29.9 Å². The lowest BCUT2D eigenvalue weighted by atomic mass is 9.90. The smallest absolute Gasteiger partial charge is 0.0597 e. The second-order valence-corrected chi connectivity index (χ2v) is 6.70. The maximum absolute atomic E-state index is 6.33. The average molecular weight is 272 g/mol. The van der Waals surface area contributed by atoms with Gasteiger partial charge in [0.05, 0.1) is 11.4 Å². The summed E-state index contributed by atoms with van der Waals surface area (Å²) in [5.74, 6) is 0. The third-order valence-corrected chi connectivity index (χ3v) is 3.10. The van der Waals surface area contributed by atoms with Crippen LogP contribution in [0.15, 0.2) is 6.07 Å². The van der Waals surface area contributed by atoms with Gasteiger partial charge in [0.1, 0.15) is 0 Å². The maximum Gasteiger partial charge on any atom is 0.0597 e. The van der Waals surface area contributed by atoms with E-state index < -0.39 is 0 Å². The summed E-state index contributed by atoms with van der Waals surface area (Å²) in [6.45, 7) is 13.4. The minimum atomic E-state index is 0.184. The lowest BCUT2D eigenvalue weighted by Gasteiger charge is -2.22. The van der Waals surface area contributed by atoms with Crippen molar-refractivity contribution in [2.45, 2.75) is 59.5 Å². The number of aromatic nitrogens is 2. The summed E-state index contributed by atoms with van der Waals surface area (Å²) in [7, 11) is 0. The van der Waals surface area contributed by atoms with Crippen LogP contribution in [0, 0.1) is 12.3 Å². The second-order valence-electron chi connectivity index (χ2n) is 6.09. The predicted octanol–water partition coefficient (Wildman–Crippen LogP) is 3.34. The van der Waals surface area contributed by atoms with Gasteiger partial charge in [-0.25, -0.2) is 0 Å². The molecule has 3 nitrogen and oxygen atoms in total. The van der Waals surface area contributed by atoms with Crippen molar-refractivity contribution in [2.75, 3.05) is 6.54 Å². The molecule has 0 radical (unpaired) electrons. The molecular formula is C14H26ClN3. The SMILES string of the molecule is CCn1nc(C)cc1CNCC(Cl)CC(C)(C)C. The summed E-state index contributed by atoms with van der Waals surface area (Å²) >= 11 is 6.33. The number of hydrogen-bond acceptors (Lipinski definition) is 2. The van der Waals surface area contributed by atoms with Gasteiger partial charge in [0.15, 0.2) is 0 Å². The summed E-state index contributed by atoms with van der Waals surface area (Å²) in [6.07, 6.45) is 1.02. The zero-order chi connectivity index (χ0) is 13.8. The van der Waals surface area contributed by atoms with Crippen molar-refractivity contribution in [1.82, 2.24) is 15.1 Å². The van der Waals surface area contributed by atoms with Crippen molar-refractivity contribution >= 4 is 11.6 Å². The van der Waals surface area contributed by atoms with Crippen LogP contribution in [0.1, 0.15) is 45.5 Å². The lowest BCUT2D eigenvalue weighted by molar-refractivity contribution is 0.364. The fourth-order valence-corrected chi connectivity index (χ4v) is 2.68. The molecule has 0 amide bonds. The van der Waals surface area contributed by atoms with Crippen molar-refractivity contribution < 1.29 is 0 Å². The average Bonchev–Trinajstić information content (AvgIpc) is 2.56. The summed E-state index contributed by atoms with van der Waals surface area (Å²) < 4.78 is 2.04. The third-order valence-electron chi connectivity index (χ3n) is 2.79. The van der Waals surface area contributed by atoms with E-state index in [2.05, 4.69) is 44.2 Å². The normalized spacial score (nSPS) is 13.9. The molecule has 0 aliphatic rings. The molecule has 4 heteroatoms. The molecule has 1 unspecified atom stereocenters. The molecule has 0 aliphatic heterocycles. The maximum atomic E-state index is 6.33. The quantitative estimate of drug-likeness (QED) is 0.804. The Morgan fingerprint density at radius 1 is 1.44 bits per heavy atom. The number of aryl methyl sites for hydroxylation is 2. The highest BCUT2D eigenvalue weighted by atomic mass is 35.5. The summed E-state index contributed by atoms with van der Waals surface area (Å²) in [5.41, 5.74) is 2.59. The molecule has 18 heavy (non-hydrogen) atoms. The Morgan fingerprint density at radius 2 is 2.11 bits per heavy atom. The van der Waals surface area contributed by atoms with Crippen molar-refractivity contribution in [3.63, 3.8) is 0 Å². The van der Waals surface area contributed by atoms with Gasteiger partial charge in [-0.2, -0.15) is 5.10 Å². The largest absolute Gasteiger partial charge is 0.310 e. The molecule has 1 rings (SSSR count). The highest BCUT2D eigenvalue weighted by Crippen LogP contribution is 2.23. The Bertz CT molecular complexity index is 366. The first kappa shape index (κ1) is 15.5. The van der Waals surface area contributed by atoms with Gasteiger partial charge in [-0.05, 0) is 31.7 Å². The van der Waals surface area contributed by atoms with Crippen LogP contribution in [0.3, 0.4) is 0 Å². The van der Waals surface area contributed by atoms with E-state index in [9.17, 15) is 0 Å². The van der Waals surface area contributed by atoms with Gasteiger partial charge in [0, 0.05) is 25.0 Å². The minimum absolute atomic E-state index is 0.184. The number of alkyl halides is 1. The minimum Gasteiger partial charge on any atom is -0.310 e. The molecule has 104 valence electrons. The van der Waals surface area contributed by atoms with Crippen LogP contribution in [0.2, 0.25) is 0 Å². The molecule has 0 aromatic carbocycles. The van der Waals surface area contributed by atoms with Crippen LogP contribution in [-0.2, 0) is 13.1 Å². The van der Waals surface area contributed by atoms with Gasteiger partial charge in [0.25, 0.3) is 0 Å². The van der Waals surface area contributed by atoms with Crippen molar-refractivity contribution in [3.8, 4) is 0 Å². The molecule has 0 fully saturated rings. The molecule has 1 N–H and O–H groups in total. The molecule has 0 saturated carbocycles. The Kier molecular flexibility index (Phi) is 5.67. The van der Waals surface area contributed by atoms with E-state index in [4.69, 9.17) is 11.6 Å². The zero-order valence-corrected chi connectivity index (χ0v) is 13.0. The van der Waals surface area contributed by atoms with E-state index in [1.807, 2.05) is 11.6 Å². The van der Waals surface area contributed by atoms with Gasteiger partial charge in [-0.1, -0.05) is 20.8 Å². The van der Waals surface area contributed by atoms with Gasteiger partial charge in [0.2, 0.25) is 0 Å². The summed E-state index contributed by atoms with van der Waals surface area (Å²) in [4.78, 5) is 0. The van der Waals surface area contributed by atoms with Crippen LogP contribution in [0.5, 0.6) is 0 Å². The second kappa shape index (κ2) is 6.58. The van der Waals surface area contributed by atoms with E-state index >= 15 is 0 Å². The summed E-state index contributed by atoms with van der Waals surface area (Å²) in [6, 6.07) is 2.13. The number of nitrogens with zero attached hydrogens (tertiary/aromatic N) is 2. The van der Waals surface area contributed by atoms with Gasteiger partial charge < -0.3 is 5.32 Å². The Hall–Kier alpha value is -0.540. The third kappa shape index (κ3) is 5.40. The molecule has 0 spiro atoms. The Morgan fingerprint density at radius 3 is 2.67 bits per heavy atom. The van der Waals surface area contributed by atoms with Gasteiger partial charge in [-0.15, -0.1) is 11.6 Å². The standard InChI is InChI=1S/C14H26ClN3/c1-6-18-13(7-11(2)17-18)10-16-9-12(15)8-14(3,4)5/h7,12,16H,6,8-10H2,1-5H3. The van der Waals surface area contributed by atoms with E-state index in [0.717, 1.165) is 31.7 Å². The van der Waals surface area contributed by atoms with Crippen molar-refractivity contribution in [3.05, 3.63) is 17.5 Å². The lowest BCUT2D eigenvalue weighted by Crippen LogP contribution is -2.27. The molecular weight excluding hydrogens is 246 g/mol. The van der Waals surface area contributed by atoms with Gasteiger partial charge in [-0.3, -0.25) is 4.68 Å². The van der Waals surface area contributed by atoms with Crippen molar-refractivity contribution in [2.24, 2.45) is 5.41 Å². The number of halogens is 1. The van der Waals surface area contributed by atoms with Crippen LogP contribution in [0.25, 0.3) is 0 Å². The first-order chi connectivity index (χ1) is 8.31. The Labute approximate surface area is 116 Å². The molecule has 1 atom stereocenters. The molecule has 1 heterocycles. The number of nitrogens with one attached hydrogen (secondary N) is 1. The number of hydrogen-bond donors (Lipinski definition) is 1. The molecule has 1 aromatic rings. The molecule has 0 aliphatic carbocycles. The van der Waals surface area contributed by atoms with E-state index in [1.165, 1.54) is 5.69 Å². The van der Waals surface area contributed by atoms with E-state index in [1.54, 1.807) is 0 Å². The van der Waals surface area contributed by atoms with Crippen LogP contribution >= 0.6 is 11.6 Å². The van der Waals surface area contributed by atoms with Crippen LogP contribution in [-0.4, -0.2) is 21.7 Å². The molecule has 0 bridgehead atoms. The predicted molar refractivity (Wildman–Crippen MR) is 78.1 cm³/mol. The Balaban J connectivity index is 2.37. The molecule has 0 saturated heterocycles. The summed E-state index contributed by atoms with van der Waals surface area (Å²) in [5, 5.41) is 8.03.